The summed E-state index contributed by atoms with van der Waals surface area (Å²) >= 11 is 0. The number of para-hydroxylation sites is 1. The number of hydrogen-bond acceptors (Lipinski definition) is 4. The molecule has 0 aromatic heterocycles. The fourth-order valence-corrected chi connectivity index (χ4v) is 6.00. The molecule has 6 rings (SSSR count). The lowest BCUT2D eigenvalue weighted by atomic mass is 9.96. The van der Waals surface area contributed by atoms with Crippen LogP contribution in [0.15, 0.2) is 91.0 Å². The molecule has 1 aliphatic heterocycles. The van der Waals surface area contributed by atoms with E-state index in [0.29, 0.717) is 23.5 Å². The smallest absolute Gasteiger partial charge is 0.347 e. The van der Waals surface area contributed by atoms with Gasteiger partial charge in [0.05, 0.1) is 0 Å². The molecule has 0 saturated carbocycles. The number of carbonyl (C=O) groups is 1. The second-order valence-corrected chi connectivity index (χ2v) is 10.2. The quantitative estimate of drug-likeness (QED) is 0.198. The van der Waals surface area contributed by atoms with Crippen LogP contribution in [0, 0.1) is 18.7 Å². The summed E-state index contributed by atoms with van der Waals surface area (Å²) in [6, 6.07) is 29.0. The van der Waals surface area contributed by atoms with E-state index in [2.05, 4.69) is 17.0 Å². The fraction of sp³-hybridized carbons (Fsp3) is 0.242. The lowest BCUT2D eigenvalue weighted by Crippen LogP contribution is -2.25. The molecule has 2 aliphatic rings. The minimum atomic E-state index is -0.600. The minimum absolute atomic E-state index is 0.0397. The molecule has 4 nitrogen and oxygen atoms in total. The maximum absolute atomic E-state index is 16.3. The van der Waals surface area contributed by atoms with Crippen LogP contribution in [0.4, 0.5) is 4.39 Å². The van der Waals surface area contributed by atoms with Crippen molar-refractivity contribution in [2.45, 2.75) is 39.0 Å². The first-order chi connectivity index (χ1) is 18.6. The van der Waals surface area contributed by atoms with Crippen LogP contribution in [-0.2, 0) is 19.6 Å². The van der Waals surface area contributed by atoms with Gasteiger partial charge in [0.2, 0.25) is 0 Å². The van der Waals surface area contributed by atoms with Crippen molar-refractivity contribution in [2.24, 2.45) is 5.92 Å². The number of nitrogens with zero attached hydrogens (tertiary/aromatic N) is 1. The van der Waals surface area contributed by atoms with Gasteiger partial charge in [0.15, 0.2) is 0 Å². The fourth-order valence-electron chi connectivity index (χ4n) is 6.00. The van der Waals surface area contributed by atoms with E-state index >= 15 is 4.39 Å². The number of hydrogen-bond donors (Lipinski definition) is 0. The second-order valence-electron chi connectivity index (χ2n) is 10.2. The molecule has 1 fully saturated rings. The monoisotopic (exact) mass is 507 g/mol. The molecule has 38 heavy (non-hydrogen) atoms. The third-order valence-corrected chi connectivity index (χ3v) is 7.77. The third kappa shape index (κ3) is 4.59. The number of esters is 1. The Hall–Kier alpha value is -3.96. The zero-order chi connectivity index (χ0) is 26.1. The van der Waals surface area contributed by atoms with E-state index in [9.17, 15) is 4.79 Å². The molecule has 2 atom stereocenters. The van der Waals surface area contributed by atoms with Gasteiger partial charge in [0.25, 0.3) is 0 Å². The molecule has 5 heteroatoms. The molecular weight excluding hydrogens is 477 g/mol. The first-order valence-corrected chi connectivity index (χ1v) is 13.2. The molecule has 0 unspecified atom stereocenters. The van der Waals surface area contributed by atoms with Crippen LogP contribution >= 0.6 is 0 Å². The van der Waals surface area contributed by atoms with Gasteiger partial charge in [-0.2, -0.15) is 0 Å². The Bertz CT molecular complexity index is 1440. The van der Waals surface area contributed by atoms with Crippen molar-refractivity contribution in [1.82, 2.24) is 4.90 Å². The number of ether oxygens (including phenoxy) is 2. The molecule has 0 amide bonds. The maximum Gasteiger partial charge on any atom is 0.347 e. The summed E-state index contributed by atoms with van der Waals surface area (Å²) in [5.41, 5.74) is 4.13. The zero-order valence-electron chi connectivity index (χ0n) is 21.4. The Morgan fingerprint density at radius 1 is 0.921 bits per heavy atom. The van der Waals surface area contributed by atoms with Crippen LogP contribution in [0.3, 0.4) is 0 Å². The third-order valence-electron chi connectivity index (χ3n) is 7.77. The molecule has 1 saturated heterocycles. The number of carbonyl (C=O) groups excluding carboxylic acids is 1. The Balaban J connectivity index is 1.41. The SMILES string of the molecule is Cc1c(F)c2c(c(OCc3ccccc3)c1C(=O)Oc1ccccc1)C[C@@H]1CCN(Cc3ccccc3)[C@H]21. The van der Waals surface area contributed by atoms with Crippen LogP contribution in [0.2, 0.25) is 0 Å². The molecule has 4 aromatic rings. The number of likely N-dealkylation sites (tertiary alicyclic amines) is 1. The molecular formula is C33H30FNO3. The van der Waals surface area contributed by atoms with Crippen LogP contribution in [-0.4, -0.2) is 17.4 Å². The summed E-state index contributed by atoms with van der Waals surface area (Å²) in [7, 11) is 0. The highest BCUT2D eigenvalue weighted by Gasteiger charge is 2.46. The average molecular weight is 508 g/mol. The summed E-state index contributed by atoms with van der Waals surface area (Å²) in [6.45, 7) is 3.63. The summed E-state index contributed by atoms with van der Waals surface area (Å²) in [4.78, 5) is 15.9. The maximum atomic E-state index is 16.3. The first-order valence-electron chi connectivity index (χ1n) is 13.2. The molecule has 0 N–H and O–H groups in total. The number of fused-ring (bicyclic) bond motifs is 3. The van der Waals surface area contributed by atoms with Gasteiger partial charge in [-0.1, -0.05) is 78.9 Å². The normalized spacial score (nSPS) is 18.2. The van der Waals surface area contributed by atoms with Crippen molar-refractivity contribution in [1.29, 1.82) is 0 Å². The van der Waals surface area contributed by atoms with Crippen LogP contribution in [0.5, 0.6) is 11.5 Å². The van der Waals surface area contributed by atoms with E-state index in [4.69, 9.17) is 9.47 Å². The van der Waals surface area contributed by atoms with Gasteiger partial charge in [-0.05, 0) is 55.5 Å². The predicted octanol–water partition coefficient (Wildman–Crippen LogP) is 7.05. The number of halogens is 1. The van der Waals surface area contributed by atoms with Crippen molar-refractivity contribution >= 4 is 5.97 Å². The number of rotatable bonds is 7. The van der Waals surface area contributed by atoms with Crippen molar-refractivity contribution in [3.05, 3.63) is 130 Å². The minimum Gasteiger partial charge on any atom is -0.488 e. The molecule has 1 heterocycles. The molecule has 4 aromatic carbocycles. The van der Waals surface area contributed by atoms with Gasteiger partial charge in [0, 0.05) is 29.3 Å². The zero-order valence-corrected chi connectivity index (χ0v) is 21.4. The Morgan fingerprint density at radius 2 is 1.55 bits per heavy atom. The van der Waals surface area contributed by atoms with Gasteiger partial charge in [-0.3, -0.25) is 4.90 Å². The van der Waals surface area contributed by atoms with E-state index < -0.39 is 5.97 Å². The van der Waals surface area contributed by atoms with E-state index in [0.717, 1.165) is 30.6 Å². The standard InChI is InChI=1S/C33H30FNO3/c1-22-28(33(36)38-26-15-9-4-10-16-26)32(37-21-24-13-7-3-8-14-24)27-19-25-17-18-35(31(25)29(27)30(22)34)20-23-11-5-2-6-12-23/h2-16,25,31H,17-21H2,1H3/t25-,31-/m0/s1. The molecule has 0 radical (unpaired) electrons. The first kappa shape index (κ1) is 24.4. The molecule has 1 aliphatic carbocycles. The highest BCUT2D eigenvalue weighted by molar-refractivity contribution is 5.96. The molecule has 0 spiro atoms. The van der Waals surface area contributed by atoms with Crippen molar-refractivity contribution in [3.8, 4) is 11.5 Å². The van der Waals surface area contributed by atoms with Crippen molar-refractivity contribution in [3.63, 3.8) is 0 Å². The highest BCUT2D eigenvalue weighted by Crippen LogP contribution is 2.52. The predicted molar refractivity (Wildman–Crippen MR) is 145 cm³/mol. The van der Waals surface area contributed by atoms with Gasteiger partial charge >= 0.3 is 5.97 Å². The van der Waals surface area contributed by atoms with Gasteiger partial charge in [0.1, 0.15) is 29.5 Å². The van der Waals surface area contributed by atoms with Crippen LogP contribution in [0.1, 0.15) is 50.6 Å². The summed E-state index contributed by atoms with van der Waals surface area (Å²) in [5, 5.41) is 0. The lowest BCUT2D eigenvalue weighted by molar-refractivity contribution is 0.0727. The Kier molecular flexibility index (Phi) is 6.69. The summed E-state index contributed by atoms with van der Waals surface area (Å²) in [5.74, 6) is 0.230. The van der Waals surface area contributed by atoms with Crippen molar-refractivity contribution in [2.75, 3.05) is 6.54 Å². The second kappa shape index (κ2) is 10.4. The van der Waals surface area contributed by atoms with Gasteiger partial charge in [-0.25, -0.2) is 9.18 Å². The number of benzene rings is 4. The average Bonchev–Trinajstić information content (AvgIpc) is 3.51. The topological polar surface area (TPSA) is 38.8 Å². The van der Waals surface area contributed by atoms with Gasteiger partial charge < -0.3 is 9.47 Å². The lowest BCUT2D eigenvalue weighted by Gasteiger charge is -2.27. The Labute approximate surface area is 222 Å². The van der Waals surface area contributed by atoms with Crippen LogP contribution in [0.25, 0.3) is 0 Å². The summed E-state index contributed by atoms with van der Waals surface area (Å²) < 4.78 is 28.3. The van der Waals surface area contributed by atoms with Crippen LogP contribution < -0.4 is 9.47 Å². The summed E-state index contributed by atoms with van der Waals surface area (Å²) in [6.07, 6.45) is 1.66. The Morgan fingerprint density at radius 3 is 2.24 bits per heavy atom. The largest absolute Gasteiger partial charge is 0.488 e. The van der Waals surface area contributed by atoms with E-state index in [1.165, 1.54) is 5.56 Å². The van der Waals surface area contributed by atoms with E-state index in [1.54, 1.807) is 31.2 Å². The molecule has 192 valence electrons. The highest BCUT2D eigenvalue weighted by atomic mass is 19.1. The van der Waals surface area contributed by atoms with E-state index in [1.807, 2.05) is 54.6 Å². The van der Waals surface area contributed by atoms with Gasteiger partial charge in [-0.15, -0.1) is 0 Å². The van der Waals surface area contributed by atoms with Crippen molar-refractivity contribution < 1.29 is 18.7 Å². The van der Waals surface area contributed by atoms with E-state index in [-0.39, 0.29) is 35.5 Å². The molecule has 0 bridgehead atoms.